The van der Waals surface area contributed by atoms with Crippen LogP contribution in [0.4, 0.5) is 4.39 Å². The number of benzene rings is 1. The number of nitrogens with two attached hydrogens (primary N) is 1. The Kier molecular flexibility index (Phi) is 9.78. The number of hydrogen-bond donors (Lipinski definition) is 4. The molecule has 0 radical (unpaired) electrons. The zero-order valence-electron chi connectivity index (χ0n) is 25.7. The van der Waals surface area contributed by atoms with E-state index in [0.717, 1.165) is 57.8 Å². The Morgan fingerprint density at radius 3 is 2.37 bits per heavy atom. The third-order valence-electron chi connectivity index (χ3n) is 10.0. The molecule has 3 saturated carbocycles. The van der Waals surface area contributed by atoms with Crippen LogP contribution in [0.3, 0.4) is 0 Å². The standard InChI is InChI=1S/C33H49FN4O5/c1-31(2,35)21-38-28(39)16-22-8-10-33(11-9-22)19-24-14-23-15-27(42-43-33)20-32(17-23,18-24)30(41)37-13-3-12-36-29(40)25-4-6-26(34)7-5-25/h4-7,22-24,27H,3,8-21,35H2,1-2H3,(H,36,40)(H,37,41)(H,38,39). The highest BCUT2D eigenvalue weighted by Crippen LogP contribution is 2.56. The zero-order chi connectivity index (χ0) is 30.7. The van der Waals surface area contributed by atoms with Crippen molar-refractivity contribution in [3.05, 3.63) is 35.6 Å². The molecule has 4 atom stereocenters. The van der Waals surface area contributed by atoms with Crippen molar-refractivity contribution in [2.24, 2.45) is 28.9 Å². The van der Waals surface area contributed by atoms with E-state index >= 15 is 0 Å². The van der Waals surface area contributed by atoms with Crippen molar-refractivity contribution in [2.45, 2.75) is 108 Å². The first-order chi connectivity index (χ1) is 20.4. The smallest absolute Gasteiger partial charge is 0.251 e. The van der Waals surface area contributed by atoms with Crippen molar-refractivity contribution >= 4 is 17.7 Å². The van der Waals surface area contributed by atoms with Crippen LogP contribution < -0.4 is 21.7 Å². The van der Waals surface area contributed by atoms with Gasteiger partial charge in [-0.15, -0.1) is 0 Å². The summed E-state index contributed by atoms with van der Waals surface area (Å²) < 4.78 is 13.1. The number of amides is 3. The van der Waals surface area contributed by atoms with E-state index in [0.29, 0.717) is 62.2 Å². The van der Waals surface area contributed by atoms with Crippen LogP contribution in [0.25, 0.3) is 0 Å². The van der Waals surface area contributed by atoms with E-state index in [1.807, 2.05) is 13.8 Å². The van der Waals surface area contributed by atoms with E-state index in [-0.39, 0.29) is 35.2 Å². The predicted molar refractivity (Wildman–Crippen MR) is 160 cm³/mol. The van der Waals surface area contributed by atoms with Crippen molar-refractivity contribution in [1.29, 1.82) is 0 Å². The minimum atomic E-state index is -0.450. The van der Waals surface area contributed by atoms with Crippen molar-refractivity contribution in [2.75, 3.05) is 19.6 Å². The van der Waals surface area contributed by atoms with Gasteiger partial charge in [0.1, 0.15) is 11.4 Å². The first-order valence-electron chi connectivity index (χ1n) is 16.1. The van der Waals surface area contributed by atoms with Gasteiger partial charge in [-0.1, -0.05) is 0 Å². The summed E-state index contributed by atoms with van der Waals surface area (Å²) in [7, 11) is 0. The third-order valence-corrected chi connectivity index (χ3v) is 10.0. The van der Waals surface area contributed by atoms with E-state index in [9.17, 15) is 18.8 Å². The Morgan fingerprint density at radius 2 is 1.65 bits per heavy atom. The second kappa shape index (κ2) is 13.2. The molecule has 2 aliphatic heterocycles. The molecule has 0 aromatic heterocycles. The molecule has 1 aromatic rings. The van der Waals surface area contributed by atoms with Gasteiger partial charge in [-0.2, -0.15) is 0 Å². The topological polar surface area (TPSA) is 132 Å². The molecule has 6 rings (SSSR count). The maximum Gasteiger partial charge on any atom is 0.251 e. The number of fused-ring (bicyclic) bond motifs is 1. The molecule has 238 valence electrons. The molecule has 1 aromatic carbocycles. The summed E-state index contributed by atoms with van der Waals surface area (Å²) in [5, 5.41) is 8.97. The third kappa shape index (κ3) is 8.34. The van der Waals surface area contributed by atoms with Gasteiger partial charge in [0.25, 0.3) is 5.91 Å². The molecule has 5 fully saturated rings. The average molecular weight is 601 g/mol. The number of carbonyl (C=O) groups is 3. The number of nitrogens with one attached hydrogen (secondary N) is 3. The summed E-state index contributed by atoms with van der Waals surface area (Å²) in [4.78, 5) is 50.9. The molecule has 2 saturated heterocycles. The first kappa shape index (κ1) is 31.9. The first-order valence-corrected chi connectivity index (χ1v) is 16.1. The average Bonchev–Trinajstić information content (AvgIpc) is 3.02. The molecule has 5 N–H and O–H groups in total. The summed E-state index contributed by atoms with van der Waals surface area (Å²) in [6.07, 6.45) is 9.93. The van der Waals surface area contributed by atoms with Crippen LogP contribution in [0.1, 0.15) is 101 Å². The summed E-state index contributed by atoms with van der Waals surface area (Å²) in [6.45, 7) is 5.17. The molecule has 43 heavy (non-hydrogen) atoms. The molecular weight excluding hydrogens is 551 g/mol. The Balaban J connectivity index is 1.11. The van der Waals surface area contributed by atoms with Crippen molar-refractivity contribution in [3.63, 3.8) is 0 Å². The van der Waals surface area contributed by atoms with E-state index < -0.39 is 11.0 Å². The van der Waals surface area contributed by atoms with Crippen LogP contribution in [0.5, 0.6) is 0 Å². The van der Waals surface area contributed by atoms with Crippen molar-refractivity contribution in [1.82, 2.24) is 16.0 Å². The Bertz CT molecular complexity index is 1150. The highest BCUT2D eigenvalue weighted by Gasteiger charge is 2.54. The van der Waals surface area contributed by atoms with Crippen molar-refractivity contribution in [3.8, 4) is 0 Å². The minimum Gasteiger partial charge on any atom is -0.356 e. The zero-order valence-corrected chi connectivity index (χ0v) is 25.7. The second-order valence-electron chi connectivity index (χ2n) is 14.6. The van der Waals surface area contributed by atoms with E-state index in [2.05, 4.69) is 16.0 Å². The number of rotatable bonds is 10. The molecule has 3 aliphatic carbocycles. The molecule has 5 aliphatic rings. The van der Waals surface area contributed by atoms with Gasteiger partial charge >= 0.3 is 0 Å². The van der Waals surface area contributed by atoms with Crippen LogP contribution in [-0.4, -0.2) is 54.6 Å². The Morgan fingerprint density at radius 1 is 0.953 bits per heavy atom. The van der Waals surface area contributed by atoms with Gasteiger partial charge in [-0.3, -0.25) is 14.4 Å². The van der Waals surface area contributed by atoms with Crippen molar-refractivity contribution < 1.29 is 28.5 Å². The number of carbonyl (C=O) groups excluding carboxylic acids is 3. The van der Waals surface area contributed by atoms with Gasteiger partial charge in [0.15, 0.2) is 0 Å². The fourth-order valence-electron chi connectivity index (χ4n) is 8.04. The maximum absolute atomic E-state index is 13.7. The molecule has 4 bridgehead atoms. The molecule has 9 nitrogen and oxygen atoms in total. The molecule has 1 spiro atoms. The van der Waals surface area contributed by atoms with Gasteiger partial charge in [-0.05, 0) is 126 Å². The lowest BCUT2D eigenvalue weighted by Gasteiger charge is -2.48. The molecule has 3 amide bonds. The van der Waals surface area contributed by atoms with Gasteiger partial charge in [-0.25, -0.2) is 14.2 Å². The lowest BCUT2D eigenvalue weighted by molar-refractivity contribution is -0.395. The highest BCUT2D eigenvalue weighted by atomic mass is 19.1. The molecular formula is C33H49FN4O5. The number of hydrogen-bond acceptors (Lipinski definition) is 6. The summed E-state index contributed by atoms with van der Waals surface area (Å²) in [5.74, 6) is 0.688. The predicted octanol–water partition coefficient (Wildman–Crippen LogP) is 4.15. The second-order valence-corrected chi connectivity index (χ2v) is 14.6. The maximum atomic E-state index is 13.7. The monoisotopic (exact) mass is 600 g/mol. The van der Waals surface area contributed by atoms with Gasteiger partial charge in [0.05, 0.1) is 11.5 Å². The van der Waals surface area contributed by atoms with E-state index in [1.165, 1.54) is 24.3 Å². The van der Waals surface area contributed by atoms with E-state index in [4.69, 9.17) is 15.5 Å². The van der Waals surface area contributed by atoms with Crippen LogP contribution in [0.15, 0.2) is 24.3 Å². The molecule has 4 unspecified atom stereocenters. The van der Waals surface area contributed by atoms with Gasteiger partial charge in [0.2, 0.25) is 11.8 Å². The summed E-state index contributed by atoms with van der Waals surface area (Å²) >= 11 is 0. The van der Waals surface area contributed by atoms with Crippen LogP contribution in [0.2, 0.25) is 0 Å². The Labute approximate surface area is 254 Å². The molecule has 2 heterocycles. The summed E-state index contributed by atoms with van der Waals surface area (Å²) in [6, 6.07) is 5.45. The fourth-order valence-corrected chi connectivity index (χ4v) is 8.04. The Hall–Kier alpha value is -2.56. The highest BCUT2D eigenvalue weighted by molar-refractivity contribution is 5.94. The minimum absolute atomic E-state index is 0.0604. The fraction of sp³-hybridized carbons (Fsp3) is 0.727. The SMILES string of the molecule is CC(C)(N)CNC(=O)CC1CCC2(CC1)CC1CC3CC(CC(C(=O)NCCCNC(=O)c4ccc(F)cc4)(C3)C1)OO2. The van der Waals surface area contributed by atoms with Crippen LogP contribution in [0, 0.1) is 29.0 Å². The molecule has 10 heteroatoms. The summed E-state index contributed by atoms with van der Waals surface area (Å²) in [5.41, 5.74) is 5.19. The normalized spacial score (nSPS) is 32.0. The number of halogens is 1. The lowest BCUT2D eigenvalue weighted by Crippen LogP contribution is -2.51. The van der Waals surface area contributed by atoms with Crippen LogP contribution >= 0.6 is 0 Å². The largest absolute Gasteiger partial charge is 0.356 e. The lowest BCUT2D eigenvalue weighted by atomic mass is 9.56. The van der Waals surface area contributed by atoms with Gasteiger partial charge < -0.3 is 21.7 Å². The quantitative estimate of drug-likeness (QED) is 0.236. The van der Waals surface area contributed by atoms with E-state index in [1.54, 1.807) is 0 Å². The van der Waals surface area contributed by atoms with Crippen LogP contribution in [-0.2, 0) is 19.4 Å². The van der Waals surface area contributed by atoms with Gasteiger partial charge in [0, 0.05) is 37.2 Å².